The second-order valence-electron chi connectivity index (χ2n) is 5.25. The first kappa shape index (κ1) is 13.4. The summed E-state index contributed by atoms with van der Waals surface area (Å²) in [6, 6.07) is 19.3. The van der Waals surface area contributed by atoms with Crippen molar-refractivity contribution in [3.05, 3.63) is 84.4 Å². The van der Waals surface area contributed by atoms with E-state index in [9.17, 15) is 0 Å². The van der Waals surface area contributed by atoms with E-state index >= 15 is 0 Å². The summed E-state index contributed by atoms with van der Waals surface area (Å²) in [6.07, 6.45) is 3.83. The van der Waals surface area contributed by atoms with Gasteiger partial charge < -0.3 is 0 Å². The molecule has 0 aromatic heterocycles. The van der Waals surface area contributed by atoms with E-state index in [4.69, 9.17) is 0 Å². The number of rotatable bonds is 3. The molecular weight excluding hydrogens is 252 g/mol. The van der Waals surface area contributed by atoms with Crippen LogP contribution in [0.5, 0.6) is 0 Å². The zero-order valence-electron chi connectivity index (χ0n) is 12.3. The third kappa shape index (κ3) is 2.30. The van der Waals surface area contributed by atoms with E-state index < -0.39 is 0 Å². The van der Waals surface area contributed by atoms with Gasteiger partial charge in [-0.2, -0.15) is 0 Å². The monoisotopic (exact) mass is 270 g/mol. The van der Waals surface area contributed by atoms with Gasteiger partial charge in [-0.3, -0.25) is 0 Å². The molecule has 0 heterocycles. The van der Waals surface area contributed by atoms with Crippen LogP contribution in [0.1, 0.15) is 16.7 Å². The summed E-state index contributed by atoms with van der Waals surface area (Å²) in [5, 5.41) is 2.48. The van der Waals surface area contributed by atoms with Crippen molar-refractivity contribution in [1.82, 2.24) is 0 Å². The van der Waals surface area contributed by atoms with Crippen molar-refractivity contribution in [3.8, 4) is 11.1 Å². The molecular formula is C21H18. The summed E-state index contributed by atoms with van der Waals surface area (Å²) in [5.74, 6) is 0. The highest BCUT2D eigenvalue weighted by Crippen LogP contribution is 2.35. The topological polar surface area (TPSA) is 0 Å². The van der Waals surface area contributed by atoms with E-state index in [2.05, 4.69) is 74.7 Å². The summed E-state index contributed by atoms with van der Waals surface area (Å²) < 4.78 is 0. The fraction of sp³-hybridized carbons (Fsp3) is 0.0476. The lowest BCUT2D eigenvalue weighted by molar-refractivity contribution is 1.47. The number of fused-ring (bicyclic) bond motifs is 1. The fourth-order valence-electron chi connectivity index (χ4n) is 2.81. The molecule has 0 atom stereocenters. The van der Waals surface area contributed by atoms with Crippen LogP contribution in [0, 0.1) is 6.92 Å². The Morgan fingerprint density at radius 3 is 2.24 bits per heavy atom. The minimum absolute atomic E-state index is 1.12. The molecule has 3 aromatic carbocycles. The average Bonchev–Trinajstić information content (AvgIpc) is 2.53. The molecule has 0 heteroatoms. The summed E-state index contributed by atoms with van der Waals surface area (Å²) in [6.45, 7) is 10.1. The second-order valence-corrected chi connectivity index (χ2v) is 5.25. The molecule has 0 aliphatic rings. The Balaban J connectivity index is 2.45. The van der Waals surface area contributed by atoms with Gasteiger partial charge in [0.15, 0.2) is 0 Å². The summed E-state index contributed by atoms with van der Waals surface area (Å²) in [4.78, 5) is 0. The van der Waals surface area contributed by atoms with Crippen LogP contribution in [0.2, 0.25) is 0 Å². The molecule has 0 radical (unpaired) electrons. The molecule has 0 fully saturated rings. The number of hydrogen-bond acceptors (Lipinski definition) is 0. The molecule has 0 aliphatic heterocycles. The highest BCUT2D eigenvalue weighted by molar-refractivity contribution is 6.03. The maximum Gasteiger partial charge on any atom is -0.00270 e. The Hall–Kier alpha value is -2.60. The minimum Gasteiger partial charge on any atom is -0.0984 e. The lowest BCUT2D eigenvalue weighted by atomic mass is 9.89. The SMILES string of the molecule is C=Cc1cc2ccccc2c(-c2ccc(C)cc2)c1C=C. The Morgan fingerprint density at radius 2 is 1.57 bits per heavy atom. The molecule has 21 heavy (non-hydrogen) atoms. The van der Waals surface area contributed by atoms with Gasteiger partial charge in [0.1, 0.15) is 0 Å². The first-order valence-corrected chi connectivity index (χ1v) is 7.12. The normalized spacial score (nSPS) is 10.5. The molecule has 3 rings (SSSR count). The van der Waals surface area contributed by atoms with Gasteiger partial charge in [0, 0.05) is 0 Å². The van der Waals surface area contributed by atoms with Gasteiger partial charge in [0.25, 0.3) is 0 Å². The van der Waals surface area contributed by atoms with Gasteiger partial charge in [-0.1, -0.05) is 79.4 Å². The molecule has 0 amide bonds. The van der Waals surface area contributed by atoms with Crippen molar-refractivity contribution in [3.63, 3.8) is 0 Å². The van der Waals surface area contributed by atoms with Crippen molar-refractivity contribution in [2.75, 3.05) is 0 Å². The largest absolute Gasteiger partial charge is 0.0984 e. The molecule has 0 bridgehead atoms. The molecule has 0 spiro atoms. The Labute approximate surface area is 126 Å². The van der Waals surface area contributed by atoms with E-state index in [1.807, 2.05) is 12.2 Å². The van der Waals surface area contributed by atoms with Crippen LogP contribution in [-0.4, -0.2) is 0 Å². The van der Waals surface area contributed by atoms with Gasteiger partial charge in [0.2, 0.25) is 0 Å². The predicted octanol–water partition coefficient (Wildman–Crippen LogP) is 6.10. The lowest BCUT2D eigenvalue weighted by Crippen LogP contribution is -1.91. The smallest absolute Gasteiger partial charge is 0.00270 e. The van der Waals surface area contributed by atoms with Crippen LogP contribution < -0.4 is 0 Å². The van der Waals surface area contributed by atoms with Crippen molar-refractivity contribution in [1.29, 1.82) is 0 Å². The van der Waals surface area contributed by atoms with Crippen LogP contribution in [0.15, 0.2) is 67.8 Å². The van der Waals surface area contributed by atoms with Crippen molar-refractivity contribution in [2.45, 2.75) is 6.92 Å². The maximum absolute atomic E-state index is 4.00. The van der Waals surface area contributed by atoms with Crippen LogP contribution >= 0.6 is 0 Å². The first-order chi connectivity index (χ1) is 10.2. The summed E-state index contributed by atoms with van der Waals surface area (Å²) in [7, 11) is 0. The van der Waals surface area contributed by atoms with Gasteiger partial charge in [0.05, 0.1) is 0 Å². The van der Waals surface area contributed by atoms with Crippen LogP contribution in [0.25, 0.3) is 34.1 Å². The number of hydrogen-bond donors (Lipinski definition) is 0. The van der Waals surface area contributed by atoms with Crippen LogP contribution in [-0.2, 0) is 0 Å². The second kappa shape index (κ2) is 5.41. The Kier molecular flexibility index (Phi) is 3.45. The fourth-order valence-corrected chi connectivity index (χ4v) is 2.81. The Morgan fingerprint density at radius 1 is 0.857 bits per heavy atom. The van der Waals surface area contributed by atoms with E-state index in [0.717, 1.165) is 11.1 Å². The average molecular weight is 270 g/mol. The molecule has 102 valence electrons. The maximum atomic E-state index is 4.00. The minimum atomic E-state index is 1.12. The van der Waals surface area contributed by atoms with E-state index in [1.54, 1.807) is 0 Å². The van der Waals surface area contributed by atoms with Gasteiger partial charge in [-0.15, -0.1) is 0 Å². The third-order valence-corrected chi connectivity index (χ3v) is 3.89. The van der Waals surface area contributed by atoms with Gasteiger partial charge >= 0.3 is 0 Å². The summed E-state index contributed by atoms with van der Waals surface area (Å²) in [5.41, 5.74) is 5.99. The molecule has 0 saturated heterocycles. The molecule has 0 nitrogen and oxygen atoms in total. The van der Waals surface area contributed by atoms with Crippen molar-refractivity contribution >= 4 is 22.9 Å². The zero-order chi connectivity index (χ0) is 14.8. The molecule has 0 saturated carbocycles. The quantitative estimate of drug-likeness (QED) is 0.539. The van der Waals surface area contributed by atoms with Gasteiger partial charge in [-0.05, 0) is 46.0 Å². The Bertz CT molecular complexity index is 821. The molecule has 0 aliphatic carbocycles. The first-order valence-electron chi connectivity index (χ1n) is 7.12. The van der Waals surface area contributed by atoms with Crippen LogP contribution in [0.3, 0.4) is 0 Å². The lowest BCUT2D eigenvalue weighted by Gasteiger charge is -2.14. The zero-order valence-corrected chi connectivity index (χ0v) is 12.3. The van der Waals surface area contributed by atoms with Crippen molar-refractivity contribution in [2.24, 2.45) is 0 Å². The molecule has 3 aromatic rings. The number of aryl methyl sites for hydroxylation is 1. The highest BCUT2D eigenvalue weighted by atomic mass is 14.1. The van der Waals surface area contributed by atoms with E-state index in [1.165, 1.54) is 27.5 Å². The van der Waals surface area contributed by atoms with E-state index in [-0.39, 0.29) is 0 Å². The third-order valence-electron chi connectivity index (χ3n) is 3.89. The number of benzene rings is 3. The molecule has 0 unspecified atom stereocenters. The van der Waals surface area contributed by atoms with Crippen molar-refractivity contribution < 1.29 is 0 Å². The standard InChI is InChI=1S/C21H18/c1-4-16-14-18-8-6-7-9-20(18)21(19(16)5-2)17-12-10-15(3)11-13-17/h4-14H,1-2H2,3H3. The predicted molar refractivity (Wildman–Crippen MR) is 94.3 cm³/mol. The van der Waals surface area contributed by atoms with Crippen LogP contribution in [0.4, 0.5) is 0 Å². The van der Waals surface area contributed by atoms with E-state index in [0.29, 0.717) is 0 Å². The van der Waals surface area contributed by atoms with Gasteiger partial charge in [-0.25, -0.2) is 0 Å². The summed E-state index contributed by atoms with van der Waals surface area (Å²) >= 11 is 0. The molecule has 0 N–H and O–H groups in total. The highest BCUT2D eigenvalue weighted by Gasteiger charge is 2.11.